The Balaban J connectivity index is 1.73. The topological polar surface area (TPSA) is 38.8 Å². The van der Waals surface area contributed by atoms with E-state index in [1.54, 1.807) is 7.11 Å². The van der Waals surface area contributed by atoms with E-state index in [1.165, 1.54) is 11.1 Å². The normalized spacial score (nSPS) is 38.3. The van der Waals surface area contributed by atoms with Crippen LogP contribution in [0.5, 0.6) is 11.5 Å². The van der Waals surface area contributed by atoms with Gasteiger partial charge in [-0.05, 0) is 56.8 Å². The van der Waals surface area contributed by atoms with Crippen LogP contribution in [0.2, 0.25) is 0 Å². The van der Waals surface area contributed by atoms with E-state index in [4.69, 9.17) is 9.47 Å². The molecule has 2 fully saturated rings. The standard InChI is InChI=1S/C21H27NO3/c1-4-5-13-10-14-15-11-12-6-7-16(24-3)19-17(12)21(14,8-9-22(15)2)20(25-19)18(13)23/h6-7,13-15,20H,4-5,8-11H2,1-3H3. The summed E-state index contributed by atoms with van der Waals surface area (Å²) < 4.78 is 12.0. The summed E-state index contributed by atoms with van der Waals surface area (Å²) in [5, 5.41) is 0. The van der Waals surface area contributed by atoms with Gasteiger partial charge in [-0.25, -0.2) is 0 Å². The van der Waals surface area contributed by atoms with Gasteiger partial charge in [-0.3, -0.25) is 4.79 Å². The summed E-state index contributed by atoms with van der Waals surface area (Å²) in [6.07, 6.45) is 4.86. The van der Waals surface area contributed by atoms with E-state index >= 15 is 0 Å². The molecule has 2 aliphatic carbocycles. The van der Waals surface area contributed by atoms with E-state index in [9.17, 15) is 4.79 Å². The molecule has 4 aliphatic rings. The highest BCUT2D eigenvalue weighted by molar-refractivity contribution is 5.91. The summed E-state index contributed by atoms with van der Waals surface area (Å²) in [6.45, 7) is 3.22. The molecule has 4 heteroatoms. The minimum absolute atomic E-state index is 0.115. The number of Topliss-reactive ketones (excluding diaryl/α,β-unsaturated/α-hetero) is 1. The molecule has 1 aromatic rings. The zero-order chi connectivity index (χ0) is 17.3. The van der Waals surface area contributed by atoms with Crippen molar-refractivity contribution in [2.45, 2.75) is 56.6 Å². The highest BCUT2D eigenvalue weighted by atomic mass is 16.5. The minimum atomic E-state index is -0.302. The fraction of sp³-hybridized carbons (Fsp3) is 0.667. The molecule has 2 heterocycles. The number of hydrogen-bond donors (Lipinski definition) is 0. The van der Waals surface area contributed by atoms with Crippen molar-refractivity contribution in [3.63, 3.8) is 0 Å². The Morgan fingerprint density at radius 2 is 2.24 bits per heavy atom. The highest BCUT2D eigenvalue weighted by Gasteiger charge is 2.67. The van der Waals surface area contributed by atoms with Crippen LogP contribution < -0.4 is 9.47 Å². The van der Waals surface area contributed by atoms with Crippen LogP contribution in [0.3, 0.4) is 0 Å². The molecule has 1 spiro atoms. The first-order valence-corrected chi connectivity index (χ1v) is 9.72. The number of rotatable bonds is 3. The number of nitrogens with zero attached hydrogens (tertiary/aromatic N) is 1. The van der Waals surface area contributed by atoms with Gasteiger partial charge in [0.1, 0.15) is 0 Å². The molecule has 134 valence electrons. The van der Waals surface area contributed by atoms with Gasteiger partial charge in [0, 0.05) is 22.9 Å². The fourth-order valence-electron chi connectivity index (χ4n) is 6.36. The van der Waals surface area contributed by atoms with E-state index in [2.05, 4.69) is 24.9 Å². The average molecular weight is 341 g/mol. The van der Waals surface area contributed by atoms with E-state index in [0.29, 0.717) is 17.7 Å². The predicted octanol–water partition coefficient (Wildman–Crippen LogP) is 2.96. The van der Waals surface area contributed by atoms with Crippen LogP contribution in [-0.2, 0) is 16.6 Å². The van der Waals surface area contributed by atoms with Gasteiger partial charge in [0.05, 0.1) is 7.11 Å². The first kappa shape index (κ1) is 15.7. The van der Waals surface area contributed by atoms with Crippen LogP contribution in [0.15, 0.2) is 12.1 Å². The van der Waals surface area contributed by atoms with Gasteiger partial charge in [-0.15, -0.1) is 0 Å². The lowest BCUT2D eigenvalue weighted by atomic mass is 9.50. The number of carbonyl (C=O) groups excluding carboxylic acids is 1. The Morgan fingerprint density at radius 1 is 1.40 bits per heavy atom. The van der Waals surface area contributed by atoms with Crippen LogP contribution in [0.25, 0.3) is 0 Å². The van der Waals surface area contributed by atoms with Gasteiger partial charge >= 0.3 is 0 Å². The molecule has 1 aromatic carbocycles. The van der Waals surface area contributed by atoms with Gasteiger partial charge in [0.25, 0.3) is 0 Å². The number of methoxy groups -OCH3 is 1. The monoisotopic (exact) mass is 341 g/mol. The maximum atomic E-state index is 13.3. The number of ether oxygens (including phenoxy) is 2. The number of carbonyl (C=O) groups is 1. The van der Waals surface area contributed by atoms with Crippen LogP contribution in [-0.4, -0.2) is 43.5 Å². The average Bonchev–Trinajstić information content (AvgIpc) is 2.96. The quantitative estimate of drug-likeness (QED) is 0.847. The third-order valence-electron chi connectivity index (χ3n) is 7.43. The fourth-order valence-corrected chi connectivity index (χ4v) is 6.36. The Labute approximate surface area is 149 Å². The smallest absolute Gasteiger partial charge is 0.177 e. The molecule has 0 amide bonds. The zero-order valence-electron chi connectivity index (χ0n) is 15.4. The first-order valence-electron chi connectivity index (χ1n) is 9.72. The minimum Gasteiger partial charge on any atom is -0.493 e. The van der Waals surface area contributed by atoms with Crippen molar-refractivity contribution in [2.24, 2.45) is 11.8 Å². The summed E-state index contributed by atoms with van der Waals surface area (Å²) in [5.41, 5.74) is 2.57. The van der Waals surface area contributed by atoms with E-state index in [0.717, 1.165) is 50.1 Å². The largest absolute Gasteiger partial charge is 0.493 e. The van der Waals surface area contributed by atoms with Crippen LogP contribution in [0.4, 0.5) is 0 Å². The Kier molecular flexibility index (Phi) is 3.28. The van der Waals surface area contributed by atoms with Crippen LogP contribution in [0, 0.1) is 11.8 Å². The summed E-state index contributed by atoms with van der Waals surface area (Å²) in [7, 11) is 3.95. The second-order valence-electron chi connectivity index (χ2n) is 8.40. The molecule has 25 heavy (non-hydrogen) atoms. The third kappa shape index (κ3) is 1.79. The van der Waals surface area contributed by atoms with Crippen molar-refractivity contribution in [3.05, 3.63) is 23.3 Å². The van der Waals surface area contributed by atoms with Crippen molar-refractivity contribution < 1.29 is 14.3 Å². The SMILES string of the molecule is CCCC1CC2C3Cc4ccc(OC)c5c4C2(CCN3C)C(O5)C1=O. The maximum absolute atomic E-state index is 13.3. The maximum Gasteiger partial charge on any atom is 0.177 e. The van der Waals surface area contributed by atoms with Crippen molar-refractivity contribution in [3.8, 4) is 11.5 Å². The Hall–Kier alpha value is -1.55. The van der Waals surface area contributed by atoms with Gasteiger partial charge in [0.15, 0.2) is 23.4 Å². The van der Waals surface area contributed by atoms with Crippen molar-refractivity contribution >= 4 is 5.78 Å². The summed E-state index contributed by atoms with van der Waals surface area (Å²) in [6, 6.07) is 4.75. The number of ketones is 1. The Morgan fingerprint density at radius 3 is 3.00 bits per heavy atom. The number of likely N-dealkylation sites (tertiary alicyclic amines) is 1. The molecule has 2 aliphatic heterocycles. The van der Waals surface area contributed by atoms with E-state index in [1.807, 2.05) is 6.07 Å². The molecule has 0 aromatic heterocycles. The molecule has 5 rings (SSSR count). The van der Waals surface area contributed by atoms with Crippen LogP contribution in [0.1, 0.15) is 43.7 Å². The molecule has 1 saturated heterocycles. The summed E-state index contributed by atoms with van der Waals surface area (Å²) in [5.74, 6) is 2.67. The molecule has 4 nitrogen and oxygen atoms in total. The van der Waals surface area contributed by atoms with E-state index in [-0.39, 0.29) is 17.4 Å². The van der Waals surface area contributed by atoms with Gasteiger partial charge < -0.3 is 14.4 Å². The number of hydrogen-bond acceptors (Lipinski definition) is 4. The molecule has 0 radical (unpaired) electrons. The van der Waals surface area contributed by atoms with Crippen molar-refractivity contribution in [2.75, 3.05) is 20.7 Å². The summed E-state index contributed by atoms with van der Waals surface area (Å²) in [4.78, 5) is 15.9. The lowest BCUT2D eigenvalue weighted by molar-refractivity contribution is -0.145. The molecule has 5 atom stereocenters. The Bertz CT molecular complexity index is 745. The molecule has 0 N–H and O–H groups in total. The lowest BCUT2D eigenvalue weighted by Gasteiger charge is -2.58. The van der Waals surface area contributed by atoms with Crippen LogP contribution >= 0.6 is 0 Å². The number of benzene rings is 1. The van der Waals surface area contributed by atoms with Gasteiger partial charge in [-0.1, -0.05) is 19.4 Å². The third-order valence-corrected chi connectivity index (χ3v) is 7.43. The molecular weight excluding hydrogens is 314 g/mol. The lowest BCUT2D eigenvalue weighted by Crippen LogP contribution is -2.67. The highest BCUT2D eigenvalue weighted by Crippen LogP contribution is 2.63. The summed E-state index contributed by atoms with van der Waals surface area (Å²) >= 11 is 0. The number of piperidine rings is 1. The number of likely N-dealkylation sites (N-methyl/N-ethyl adjacent to an activating group) is 1. The molecule has 2 bridgehead atoms. The van der Waals surface area contributed by atoms with E-state index < -0.39 is 0 Å². The van der Waals surface area contributed by atoms with Gasteiger partial charge in [0.2, 0.25) is 0 Å². The molecule has 5 unspecified atom stereocenters. The van der Waals surface area contributed by atoms with Gasteiger partial charge in [-0.2, -0.15) is 0 Å². The first-order chi connectivity index (χ1) is 12.1. The zero-order valence-corrected chi connectivity index (χ0v) is 15.4. The molecule has 1 saturated carbocycles. The van der Waals surface area contributed by atoms with Crippen molar-refractivity contribution in [1.29, 1.82) is 0 Å². The second kappa shape index (κ2) is 5.23. The van der Waals surface area contributed by atoms with Crippen molar-refractivity contribution in [1.82, 2.24) is 4.90 Å². The predicted molar refractivity (Wildman–Crippen MR) is 95.3 cm³/mol. The molecular formula is C21H27NO3. The second-order valence-corrected chi connectivity index (χ2v) is 8.40.